The van der Waals surface area contributed by atoms with Crippen LogP contribution < -0.4 is 20.1 Å². The number of carbonyl (C=O) groups is 2. The normalized spacial score (nSPS) is 11.3. The van der Waals surface area contributed by atoms with Gasteiger partial charge in [0.2, 0.25) is 10.0 Å². The molecule has 45 heavy (non-hydrogen) atoms. The van der Waals surface area contributed by atoms with E-state index in [0.717, 1.165) is 6.20 Å². The highest BCUT2D eigenvalue weighted by atomic mass is 32.2. The zero-order chi connectivity index (χ0) is 32.3. The molecule has 11 nitrogen and oxygen atoms in total. The van der Waals surface area contributed by atoms with Gasteiger partial charge in [0.05, 0.1) is 48.2 Å². The van der Waals surface area contributed by atoms with E-state index in [2.05, 4.69) is 25.3 Å². The van der Waals surface area contributed by atoms with Gasteiger partial charge in [-0.15, -0.1) is 0 Å². The van der Waals surface area contributed by atoms with Crippen molar-refractivity contribution in [2.75, 3.05) is 24.6 Å². The molecule has 0 aliphatic carbocycles. The summed E-state index contributed by atoms with van der Waals surface area (Å²) in [5.41, 5.74) is 1.48. The van der Waals surface area contributed by atoms with Crippen molar-refractivity contribution in [2.45, 2.75) is 13.5 Å². The minimum atomic E-state index is -3.81. The van der Waals surface area contributed by atoms with E-state index in [1.54, 1.807) is 0 Å². The quantitative estimate of drug-likeness (QED) is 0.196. The average Bonchev–Trinajstić information content (AvgIpc) is 3.41. The number of benzene rings is 2. The van der Waals surface area contributed by atoms with Gasteiger partial charge in [-0.2, -0.15) is 0 Å². The Labute approximate surface area is 256 Å². The highest BCUT2D eigenvalue weighted by Crippen LogP contribution is 2.40. The lowest BCUT2D eigenvalue weighted by Gasteiger charge is -2.14. The molecule has 3 N–H and O–H groups in total. The van der Waals surface area contributed by atoms with E-state index >= 15 is 0 Å². The number of ether oxygens (including phenoxy) is 1. The van der Waals surface area contributed by atoms with Crippen molar-refractivity contribution in [3.05, 3.63) is 95.4 Å². The minimum Gasteiger partial charge on any atom is -0.494 e. The highest BCUT2D eigenvalue weighted by molar-refractivity contribution is 7.92. The highest BCUT2D eigenvalue weighted by Gasteiger charge is 2.26. The van der Waals surface area contributed by atoms with Crippen LogP contribution in [0.25, 0.3) is 33.6 Å². The van der Waals surface area contributed by atoms with Gasteiger partial charge >= 0.3 is 0 Å². The fourth-order valence-corrected chi connectivity index (χ4v) is 5.17. The summed E-state index contributed by atoms with van der Waals surface area (Å²) in [5, 5.41) is 5.55. The molecule has 0 bridgehead atoms. The van der Waals surface area contributed by atoms with Crippen LogP contribution in [0.4, 0.5) is 14.5 Å². The molecule has 0 aliphatic rings. The molecule has 5 rings (SSSR count). The number of amides is 2. The van der Waals surface area contributed by atoms with Gasteiger partial charge in [0, 0.05) is 29.6 Å². The molecule has 3 heterocycles. The first-order chi connectivity index (χ1) is 21.5. The number of carbonyl (C=O) groups excluding carboxylic acids is 2. The molecule has 0 saturated carbocycles. The summed E-state index contributed by atoms with van der Waals surface area (Å²) in [6, 6.07) is 14.0. The molecule has 0 spiro atoms. The Balaban J connectivity index is 1.67. The Morgan fingerprint density at radius 2 is 1.71 bits per heavy atom. The Hall–Kier alpha value is -5.37. The smallest absolute Gasteiger partial charge is 0.274 e. The van der Waals surface area contributed by atoms with Crippen LogP contribution >= 0.6 is 0 Å². The molecule has 2 aromatic carbocycles. The van der Waals surface area contributed by atoms with Gasteiger partial charge in [-0.05, 0) is 61.5 Å². The Morgan fingerprint density at radius 3 is 2.36 bits per heavy atom. The Kier molecular flexibility index (Phi) is 8.77. The topological polar surface area (TPSA) is 153 Å². The molecule has 0 aliphatic heterocycles. The summed E-state index contributed by atoms with van der Waals surface area (Å²) in [7, 11) is -1.01. The SMILES string of the molecule is CCS(=O)(=O)Nc1cc2oc(-c3ccc(F)cc3)c(C(=O)NC)c2cc1-c1ccc(OC)c(C(=O)NCc2ccc(F)cn2)n1. The molecule has 0 fully saturated rings. The summed E-state index contributed by atoms with van der Waals surface area (Å²) < 4.78 is 66.3. The van der Waals surface area contributed by atoms with Crippen LogP contribution in [-0.4, -0.2) is 50.1 Å². The number of furan rings is 1. The molecule has 14 heteroatoms. The minimum absolute atomic E-state index is 0.0294. The maximum Gasteiger partial charge on any atom is 0.274 e. The number of hydrogen-bond donors (Lipinski definition) is 3. The first kappa shape index (κ1) is 31.1. The van der Waals surface area contributed by atoms with Crippen molar-refractivity contribution in [3.63, 3.8) is 0 Å². The Bertz CT molecular complexity index is 2010. The third-order valence-electron chi connectivity index (χ3n) is 6.82. The summed E-state index contributed by atoms with van der Waals surface area (Å²) in [6.07, 6.45) is 1.03. The van der Waals surface area contributed by atoms with Gasteiger partial charge in [-0.25, -0.2) is 22.2 Å². The molecule has 5 aromatic rings. The maximum absolute atomic E-state index is 13.7. The van der Waals surface area contributed by atoms with E-state index in [-0.39, 0.29) is 57.6 Å². The zero-order valence-corrected chi connectivity index (χ0v) is 25.1. The van der Waals surface area contributed by atoms with Gasteiger partial charge < -0.3 is 19.8 Å². The largest absolute Gasteiger partial charge is 0.494 e. The second-order valence-electron chi connectivity index (χ2n) is 9.69. The lowest BCUT2D eigenvalue weighted by molar-refractivity contribution is 0.0939. The molecule has 0 saturated heterocycles. The lowest BCUT2D eigenvalue weighted by Crippen LogP contribution is -2.25. The maximum atomic E-state index is 13.7. The molecule has 0 atom stereocenters. The number of hydrogen-bond acceptors (Lipinski definition) is 8. The van der Waals surface area contributed by atoms with E-state index in [4.69, 9.17) is 9.15 Å². The number of nitrogens with one attached hydrogen (secondary N) is 3. The first-order valence-corrected chi connectivity index (χ1v) is 15.2. The van der Waals surface area contributed by atoms with Crippen LogP contribution in [0.3, 0.4) is 0 Å². The number of halogens is 2. The summed E-state index contributed by atoms with van der Waals surface area (Å²) in [6.45, 7) is 1.44. The standard InChI is InChI=1S/C31H27F2N5O6S/c1-4-45(41,42)38-24-14-26-22(27(30(39)34-2)29(44-26)17-5-7-18(32)8-6-17)13-21(24)23-11-12-25(43-3)28(37-23)31(40)36-16-20-10-9-19(33)15-35-20/h5-15,38H,4,16H2,1-3H3,(H,34,39)(H,36,40). The predicted octanol–water partition coefficient (Wildman–Crippen LogP) is 4.89. The van der Waals surface area contributed by atoms with Crippen LogP contribution in [0, 0.1) is 11.6 Å². The van der Waals surface area contributed by atoms with Crippen LogP contribution in [0.1, 0.15) is 33.5 Å². The summed E-state index contributed by atoms with van der Waals surface area (Å²) >= 11 is 0. The number of fused-ring (bicyclic) bond motifs is 1. The number of sulfonamides is 1. The monoisotopic (exact) mass is 635 g/mol. The van der Waals surface area contributed by atoms with E-state index in [0.29, 0.717) is 16.6 Å². The van der Waals surface area contributed by atoms with Crippen molar-refractivity contribution in [3.8, 4) is 28.3 Å². The zero-order valence-electron chi connectivity index (χ0n) is 24.3. The van der Waals surface area contributed by atoms with E-state index in [1.807, 2.05) is 0 Å². The molecular formula is C31H27F2N5O6S. The van der Waals surface area contributed by atoms with Crippen molar-refractivity contribution >= 4 is 38.5 Å². The lowest BCUT2D eigenvalue weighted by atomic mass is 10.0. The van der Waals surface area contributed by atoms with Gasteiger partial charge in [0.15, 0.2) is 5.69 Å². The van der Waals surface area contributed by atoms with Gasteiger partial charge in [0.25, 0.3) is 11.8 Å². The third-order valence-corrected chi connectivity index (χ3v) is 8.11. The van der Waals surface area contributed by atoms with Crippen molar-refractivity contribution < 1.29 is 35.9 Å². The van der Waals surface area contributed by atoms with E-state index in [9.17, 15) is 26.8 Å². The second kappa shape index (κ2) is 12.7. The molecule has 232 valence electrons. The number of methoxy groups -OCH3 is 1. The van der Waals surface area contributed by atoms with Crippen molar-refractivity contribution in [1.82, 2.24) is 20.6 Å². The van der Waals surface area contributed by atoms with Crippen LogP contribution in [0.5, 0.6) is 5.75 Å². The Morgan fingerprint density at radius 1 is 0.978 bits per heavy atom. The molecule has 2 amide bonds. The van der Waals surface area contributed by atoms with E-state index in [1.165, 1.54) is 81.7 Å². The van der Waals surface area contributed by atoms with Gasteiger partial charge in [-0.3, -0.25) is 19.3 Å². The summed E-state index contributed by atoms with van der Waals surface area (Å²) in [4.78, 5) is 34.8. The fourth-order valence-electron chi connectivity index (χ4n) is 4.52. The first-order valence-electron chi connectivity index (χ1n) is 13.6. The van der Waals surface area contributed by atoms with Crippen LogP contribution in [0.15, 0.2) is 71.3 Å². The van der Waals surface area contributed by atoms with E-state index < -0.39 is 33.5 Å². The molecule has 3 aromatic heterocycles. The second-order valence-corrected chi connectivity index (χ2v) is 11.7. The van der Waals surface area contributed by atoms with Crippen LogP contribution in [0.2, 0.25) is 0 Å². The number of aromatic nitrogens is 2. The molecule has 0 radical (unpaired) electrons. The number of anilines is 1. The van der Waals surface area contributed by atoms with Gasteiger partial charge in [-0.1, -0.05) is 0 Å². The van der Waals surface area contributed by atoms with Crippen molar-refractivity contribution in [1.29, 1.82) is 0 Å². The fraction of sp³-hybridized carbons (Fsp3) is 0.161. The third kappa shape index (κ3) is 6.60. The van der Waals surface area contributed by atoms with Crippen LogP contribution in [-0.2, 0) is 16.6 Å². The number of pyridine rings is 2. The number of rotatable bonds is 10. The summed E-state index contributed by atoms with van der Waals surface area (Å²) in [5.74, 6) is -2.10. The number of nitrogens with zero attached hydrogens (tertiary/aromatic N) is 2. The predicted molar refractivity (Wildman–Crippen MR) is 163 cm³/mol. The van der Waals surface area contributed by atoms with Crippen molar-refractivity contribution in [2.24, 2.45) is 0 Å². The average molecular weight is 636 g/mol. The molecular weight excluding hydrogens is 608 g/mol. The van der Waals surface area contributed by atoms with Gasteiger partial charge in [0.1, 0.15) is 28.7 Å². The molecule has 0 unspecified atom stereocenters.